The Hall–Kier alpha value is -1.29. The van der Waals surface area contributed by atoms with Crippen molar-refractivity contribution >= 4 is 0 Å². The first kappa shape index (κ1) is 12.8. The number of rotatable bonds is 7. The maximum Gasteiger partial charge on any atom is 0.216 e. The second-order valence-electron chi connectivity index (χ2n) is 3.52. The van der Waals surface area contributed by atoms with E-state index in [0.717, 1.165) is 0 Å². The molecule has 0 saturated heterocycles. The molecule has 1 rings (SSSR count). The molecule has 1 aromatic rings. The minimum Gasteiger partial charge on any atom is -0.478 e. The molecule has 16 heavy (non-hydrogen) atoms. The highest BCUT2D eigenvalue weighted by Gasteiger charge is 1.99. The second kappa shape index (κ2) is 7.06. The summed E-state index contributed by atoms with van der Waals surface area (Å²) in [7, 11) is 0. The van der Waals surface area contributed by atoms with Gasteiger partial charge in [0.25, 0.3) is 0 Å². The predicted octanol–water partition coefficient (Wildman–Crippen LogP) is 2.28. The van der Waals surface area contributed by atoms with Crippen LogP contribution in [0.2, 0.25) is 0 Å². The second-order valence-corrected chi connectivity index (χ2v) is 3.52. The van der Waals surface area contributed by atoms with Gasteiger partial charge >= 0.3 is 0 Å². The summed E-state index contributed by atoms with van der Waals surface area (Å²) in [5.74, 6) is 1.16. The molecule has 0 spiro atoms. The highest BCUT2D eigenvalue weighted by atomic mass is 16.5. The van der Waals surface area contributed by atoms with Crippen molar-refractivity contribution < 1.29 is 14.2 Å². The molecule has 0 fully saturated rings. The molecular formula is C12H19NO3. The Balaban J connectivity index is 2.33. The van der Waals surface area contributed by atoms with Crippen LogP contribution in [-0.4, -0.2) is 30.9 Å². The third-order valence-corrected chi connectivity index (χ3v) is 1.77. The quantitative estimate of drug-likeness (QED) is 0.667. The molecule has 0 aliphatic carbocycles. The van der Waals surface area contributed by atoms with Crippen LogP contribution in [0, 0.1) is 0 Å². The topological polar surface area (TPSA) is 40.6 Å². The maximum absolute atomic E-state index is 5.43. The van der Waals surface area contributed by atoms with Crippen LogP contribution in [0.1, 0.15) is 20.8 Å². The lowest BCUT2D eigenvalue weighted by Gasteiger charge is -2.09. The Morgan fingerprint density at radius 3 is 2.44 bits per heavy atom. The van der Waals surface area contributed by atoms with Crippen LogP contribution in [0.3, 0.4) is 0 Å². The molecule has 0 amide bonds. The van der Waals surface area contributed by atoms with Gasteiger partial charge in [0.15, 0.2) is 0 Å². The molecular weight excluding hydrogens is 206 g/mol. The number of hydrogen-bond donors (Lipinski definition) is 0. The highest BCUT2D eigenvalue weighted by Crippen LogP contribution is 2.13. The molecule has 1 heterocycles. The fourth-order valence-corrected chi connectivity index (χ4v) is 1.13. The molecule has 0 aliphatic rings. The van der Waals surface area contributed by atoms with E-state index in [1.165, 1.54) is 0 Å². The summed E-state index contributed by atoms with van der Waals surface area (Å²) in [5.41, 5.74) is 0. The third-order valence-electron chi connectivity index (χ3n) is 1.77. The minimum absolute atomic E-state index is 0.228. The predicted molar refractivity (Wildman–Crippen MR) is 62.0 cm³/mol. The van der Waals surface area contributed by atoms with Crippen molar-refractivity contribution in [1.82, 2.24) is 4.98 Å². The van der Waals surface area contributed by atoms with E-state index in [1.807, 2.05) is 26.8 Å². The molecule has 0 saturated carbocycles. The van der Waals surface area contributed by atoms with Crippen molar-refractivity contribution in [2.24, 2.45) is 0 Å². The minimum atomic E-state index is 0.228. The van der Waals surface area contributed by atoms with Crippen LogP contribution in [0.25, 0.3) is 0 Å². The van der Waals surface area contributed by atoms with Gasteiger partial charge in [-0.05, 0) is 20.8 Å². The van der Waals surface area contributed by atoms with Crippen LogP contribution >= 0.6 is 0 Å². The van der Waals surface area contributed by atoms with Gasteiger partial charge in [-0.25, -0.2) is 0 Å². The molecule has 90 valence electrons. The average molecular weight is 225 g/mol. The molecule has 0 aromatic carbocycles. The molecule has 0 N–H and O–H groups in total. The molecule has 0 bridgehead atoms. The molecule has 0 atom stereocenters. The summed E-state index contributed by atoms with van der Waals surface area (Å²) < 4.78 is 16.1. The number of aromatic nitrogens is 1. The summed E-state index contributed by atoms with van der Waals surface area (Å²) in [6.45, 7) is 7.58. The van der Waals surface area contributed by atoms with E-state index in [1.54, 1.807) is 12.1 Å². The molecule has 4 heteroatoms. The SMILES string of the molecule is CCOc1cccc(OCCOC(C)C)n1. The van der Waals surface area contributed by atoms with Crippen LogP contribution < -0.4 is 9.47 Å². The monoisotopic (exact) mass is 225 g/mol. The van der Waals surface area contributed by atoms with Gasteiger partial charge in [-0.2, -0.15) is 4.98 Å². The van der Waals surface area contributed by atoms with E-state index in [9.17, 15) is 0 Å². The van der Waals surface area contributed by atoms with E-state index in [0.29, 0.717) is 31.6 Å². The van der Waals surface area contributed by atoms with Gasteiger partial charge in [-0.1, -0.05) is 6.07 Å². The van der Waals surface area contributed by atoms with E-state index in [-0.39, 0.29) is 6.10 Å². The summed E-state index contributed by atoms with van der Waals surface area (Å²) in [4.78, 5) is 4.18. The first-order valence-corrected chi connectivity index (χ1v) is 5.56. The summed E-state index contributed by atoms with van der Waals surface area (Å²) in [6, 6.07) is 5.47. The van der Waals surface area contributed by atoms with Gasteiger partial charge in [0, 0.05) is 12.1 Å². The Morgan fingerprint density at radius 1 is 1.12 bits per heavy atom. The van der Waals surface area contributed by atoms with Crippen molar-refractivity contribution in [3.05, 3.63) is 18.2 Å². The van der Waals surface area contributed by atoms with Gasteiger partial charge < -0.3 is 14.2 Å². The fourth-order valence-electron chi connectivity index (χ4n) is 1.13. The lowest BCUT2D eigenvalue weighted by atomic mass is 10.5. The first-order chi connectivity index (χ1) is 7.72. The average Bonchev–Trinajstić information content (AvgIpc) is 2.25. The van der Waals surface area contributed by atoms with Gasteiger partial charge in [0.05, 0.1) is 19.3 Å². The van der Waals surface area contributed by atoms with Crippen molar-refractivity contribution in [2.45, 2.75) is 26.9 Å². The number of nitrogens with zero attached hydrogens (tertiary/aromatic N) is 1. The lowest BCUT2D eigenvalue weighted by molar-refractivity contribution is 0.0541. The van der Waals surface area contributed by atoms with E-state index in [4.69, 9.17) is 14.2 Å². The number of pyridine rings is 1. The fraction of sp³-hybridized carbons (Fsp3) is 0.583. The Morgan fingerprint density at radius 2 is 1.81 bits per heavy atom. The largest absolute Gasteiger partial charge is 0.478 e. The van der Waals surface area contributed by atoms with Crippen LogP contribution in [-0.2, 0) is 4.74 Å². The Kier molecular flexibility index (Phi) is 5.64. The zero-order chi connectivity index (χ0) is 11.8. The first-order valence-electron chi connectivity index (χ1n) is 5.56. The molecule has 0 radical (unpaired) electrons. The number of hydrogen-bond acceptors (Lipinski definition) is 4. The Bertz CT molecular complexity index is 302. The van der Waals surface area contributed by atoms with Gasteiger partial charge in [0.1, 0.15) is 6.61 Å². The normalized spacial score (nSPS) is 10.5. The highest BCUT2D eigenvalue weighted by molar-refractivity contribution is 5.19. The lowest BCUT2D eigenvalue weighted by Crippen LogP contribution is -2.11. The van der Waals surface area contributed by atoms with Gasteiger partial charge in [0.2, 0.25) is 11.8 Å². The summed E-state index contributed by atoms with van der Waals surface area (Å²) in [5, 5.41) is 0. The van der Waals surface area contributed by atoms with Crippen LogP contribution in [0.4, 0.5) is 0 Å². The maximum atomic E-state index is 5.43. The van der Waals surface area contributed by atoms with Gasteiger partial charge in [-0.15, -0.1) is 0 Å². The van der Waals surface area contributed by atoms with Crippen molar-refractivity contribution in [1.29, 1.82) is 0 Å². The smallest absolute Gasteiger partial charge is 0.216 e. The molecule has 4 nitrogen and oxygen atoms in total. The number of ether oxygens (including phenoxy) is 3. The van der Waals surface area contributed by atoms with Crippen molar-refractivity contribution in [2.75, 3.05) is 19.8 Å². The third kappa shape index (κ3) is 4.98. The van der Waals surface area contributed by atoms with Crippen LogP contribution in [0.15, 0.2) is 18.2 Å². The zero-order valence-corrected chi connectivity index (χ0v) is 10.1. The van der Waals surface area contributed by atoms with E-state index in [2.05, 4.69) is 4.98 Å². The van der Waals surface area contributed by atoms with Crippen LogP contribution in [0.5, 0.6) is 11.8 Å². The Labute approximate surface area is 96.5 Å². The zero-order valence-electron chi connectivity index (χ0n) is 10.1. The molecule has 0 unspecified atom stereocenters. The summed E-state index contributed by atoms with van der Waals surface area (Å²) in [6.07, 6.45) is 0.228. The van der Waals surface area contributed by atoms with Crippen molar-refractivity contribution in [3.8, 4) is 11.8 Å². The standard InChI is InChI=1S/C12H19NO3/c1-4-14-11-6-5-7-12(13-11)16-9-8-15-10(2)3/h5-7,10H,4,8-9H2,1-3H3. The molecule has 0 aliphatic heterocycles. The van der Waals surface area contributed by atoms with Gasteiger partial charge in [-0.3, -0.25) is 0 Å². The summed E-state index contributed by atoms with van der Waals surface area (Å²) >= 11 is 0. The molecule has 1 aromatic heterocycles. The van der Waals surface area contributed by atoms with Crippen molar-refractivity contribution in [3.63, 3.8) is 0 Å². The van der Waals surface area contributed by atoms with E-state index < -0.39 is 0 Å². The van der Waals surface area contributed by atoms with E-state index >= 15 is 0 Å².